The highest BCUT2D eigenvalue weighted by atomic mass is 32.2. The van der Waals surface area contributed by atoms with E-state index >= 15 is 0 Å². The van der Waals surface area contributed by atoms with Crippen LogP contribution in [0.25, 0.3) is 0 Å². The Hall–Kier alpha value is -2.06. The highest BCUT2D eigenvalue weighted by molar-refractivity contribution is 7.89. The summed E-state index contributed by atoms with van der Waals surface area (Å²) in [5.74, 6) is 0.636. The molecule has 0 spiro atoms. The average Bonchev–Trinajstić information content (AvgIpc) is 2.91. The zero-order valence-corrected chi connectivity index (χ0v) is 10.9. The molecule has 0 atom stereocenters. The molecule has 102 valence electrons. The molecule has 0 unspecified atom stereocenters. The first kappa shape index (κ1) is 13.4. The van der Waals surface area contributed by atoms with Gasteiger partial charge in [0.25, 0.3) is 0 Å². The van der Waals surface area contributed by atoms with E-state index in [0.29, 0.717) is 11.4 Å². The largest absolute Gasteiger partial charge is 0.492 e. The molecule has 2 rings (SSSR count). The molecule has 8 heteroatoms. The lowest BCUT2D eigenvalue weighted by Crippen LogP contribution is -2.28. The van der Waals surface area contributed by atoms with E-state index < -0.39 is 10.0 Å². The van der Waals surface area contributed by atoms with Gasteiger partial charge in [-0.15, -0.1) is 0 Å². The van der Waals surface area contributed by atoms with Crippen LogP contribution in [0.3, 0.4) is 0 Å². The first-order chi connectivity index (χ1) is 9.08. The fourth-order valence-electron chi connectivity index (χ4n) is 1.38. The van der Waals surface area contributed by atoms with Crippen molar-refractivity contribution in [3.63, 3.8) is 0 Å². The first-order valence-electron chi connectivity index (χ1n) is 5.55. The summed E-state index contributed by atoms with van der Waals surface area (Å²) in [6.07, 6.45) is 2.55. The lowest BCUT2D eigenvalue weighted by molar-refractivity contribution is 0.323. The van der Waals surface area contributed by atoms with Gasteiger partial charge in [0.05, 0.1) is 6.20 Å². The average molecular weight is 282 g/mol. The summed E-state index contributed by atoms with van der Waals surface area (Å²) in [6.45, 7) is 0.388. The predicted molar refractivity (Wildman–Crippen MR) is 70.1 cm³/mol. The highest BCUT2D eigenvalue weighted by Gasteiger charge is 2.13. The van der Waals surface area contributed by atoms with Crippen molar-refractivity contribution in [2.24, 2.45) is 0 Å². The standard InChI is InChI=1S/C11H14N4O3S/c12-9-1-3-10(4-2-9)18-6-5-15-19(16,17)11-7-13-14-8-11/h1-4,7-8,15H,5-6,12H2,(H,13,14). The van der Waals surface area contributed by atoms with Crippen LogP contribution in [0.2, 0.25) is 0 Å². The topological polar surface area (TPSA) is 110 Å². The van der Waals surface area contributed by atoms with Crippen molar-refractivity contribution in [2.75, 3.05) is 18.9 Å². The Bertz CT molecular complexity index is 608. The maximum Gasteiger partial charge on any atom is 0.243 e. The van der Waals surface area contributed by atoms with Crippen LogP contribution >= 0.6 is 0 Å². The summed E-state index contributed by atoms with van der Waals surface area (Å²) >= 11 is 0. The van der Waals surface area contributed by atoms with Crippen LogP contribution < -0.4 is 15.2 Å². The molecule has 0 fully saturated rings. The quantitative estimate of drug-likeness (QED) is 0.523. The van der Waals surface area contributed by atoms with Gasteiger partial charge in [-0.1, -0.05) is 0 Å². The van der Waals surface area contributed by atoms with Gasteiger partial charge >= 0.3 is 0 Å². The number of nitrogens with zero attached hydrogens (tertiary/aromatic N) is 1. The molecule has 7 nitrogen and oxygen atoms in total. The van der Waals surface area contributed by atoms with Crippen molar-refractivity contribution in [1.29, 1.82) is 0 Å². The third-order valence-electron chi connectivity index (χ3n) is 2.33. The number of nitrogens with one attached hydrogen (secondary N) is 2. The Balaban J connectivity index is 1.80. The molecule has 2 aromatic rings. The molecule has 4 N–H and O–H groups in total. The zero-order chi connectivity index (χ0) is 13.7. The van der Waals surface area contributed by atoms with E-state index in [1.807, 2.05) is 0 Å². The van der Waals surface area contributed by atoms with Crippen LogP contribution in [0.5, 0.6) is 5.75 Å². The molecule has 0 radical (unpaired) electrons. The van der Waals surface area contributed by atoms with Crippen molar-refractivity contribution in [3.05, 3.63) is 36.7 Å². The van der Waals surface area contributed by atoms with E-state index in [4.69, 9.17) is 10.5 Å². The molecule has 0 aliphatic carbocycles. The van der Waals surface area contributed by atoms with Gasteiger partial charge in [0.2, 0.25) is 10.0 Å². The van der Waals surface area contributed by atoms with E-state index in [2.05, 4.69) is 14.9 Å². The molecule has 1 aromatic heterocycles. The van der Waals surface area contributed by atoms with Crippen LogP contribution in [0, 0.1) is 0 Å². The minimum absolute atomic E-state index is 0.0972. The first-order valence-corrected chi connectivity index (χ1v) is 7.03. The number of nitrogen functional groups attached to an aromatic ring is 1. The summed E-state index contributed by atoms with van der Waals surface area (Å²) in [4.78, 5) is 0.0972. The molecule has 0 aliphatic heterocycles. The molecule has 0 aliphatic rings. The summed E-state index contributed by atoms with van der Waals surface area (Å²) in [7, 11) is -3.52. The van der Waals surface area contributed by atoms with Crippen LogP contribution in [-0.4, -0.2) is 31.8 Å². The zero-order valence-electron chi connectivity index (χ0n) is 10.0. The van der Waals surface area contributed by atoms with Crippen molar-refractivity contribution >= 4 is 15.7 Å². The van der Waals surface area contributed by atoms with E-state index in [9.17, 15) is 8.42 Å². The van der Waals surface area contributed by atoms with Gasteiger partial charge in [0.1, 0.15) is 17.3 Å². The maximum absolute atomic E-state index is 11.7. The molecule has 19 heavy (non-hydrogen) atoms. The summed E-state index contributed by atoms with van der Waals surface area (Å²) in [6, 6.07) is 6.87. The lowest BCUT2D eigenvalue weighted by atomic mass is 10.3. The molecule has 0 saturated carbocycles. The minimum atomic E-state index is -3.52. The number of rotatable bonds is 6. The van der Waals surface area contributed by atoms with Gasteiger partial charge in [0.15, 0.2) is 0 Å². The molecular formula is C11H14N4O3S. The smallest absolute Gasteiger partial charge is 0.243 e. The fourth-order valence-corrected chi connectivity index (χ4v) is 2.30. The third-order valence-corrected chi connectivity index (χ3v) is 3.75. The molecule has 0 saturated heterocycles. The van der Waals surface area contributed by atoms with Gasteiger partial charge in [-0.3, -0.25) is 5.10 Å². The monoisotopic (exact) mass is 282 g/mol. The number of anilines is 1. The third kappa shape index (κ3) is 3.70. The number of sulfonamides is 1. The minimum Gasteiger partial charge on any atom is -0.492 e. The Morgan fingerprint density at radius 1 is 1.32 bits per heavy atom. The van der Waals surface area contributed by atoms with E-state index in [1.165, 1.54) is 12.4 Å². The SMILES string of the molecule is Nc1ccc(OCCNS(=O)(=O)c2cn[nH]c2)cc1. The number of aromatic nitrogens is 2. The highest BCUT2D eigenvalue weighted by Crippen LogP contribution is 2.12. The number of hydrogen-bond acceptors (Lipinski definition) is 5. The number of aromatic amines is 1. The Morgan fingerprint density at radius 3 is 2.68 bits per heavy atom. The molecule has 0 bridgehead atoms. The van der Waals surface area contributed by atoms with Gasteiger partial charge in [0, 0.05) is 18.4 Å². The molecule has 1 aromatic carbocycles. The summed E-state index contributed by atoms with van der Waals surface area (Å²) < 4.78 is 31.2. The van der Waals surface area contributed by atoms with Crippen molar-refractivity contribution in [1.82, 2.24) is 14.9 Å². The van der Waals surface area contributed by atoms with Crippen LogP contribution in [0.1, 0.15) is 0 Å². The predicted octanol–water partition coefficient (Wildman–Crippen LogP) is 0.349. The molecule has 0 amide bonds. The number of H-pyrrole nitrogens is 1. The second-order valence-corrected chi connectivity index (χ2v) is 5.52. The molecule has 1 heterocycles. The van der Waals surface area contributed by atoms with E-state index in [-0.39, 0.29) is 18.0 Å². The summed E-state index contributed by atoms with van der Waals surface area (Å²) in [5, 5.41) is 6.03. The van der Waals surface area contributed by atoms with Gasteiger partial charge in [-0.25, -0.2) is 13.1 Å². The van der Waals surface area contributed by atoms with Crippen molar-refractivity contribution in [2.45, 2.75) is 4.90 Å². The van der Waals surface area contributed by atoms with E-state index in [0.717, 1.165) is 0 Å². The number of nitrogens with two attached hydrogens (primary N) is 1. The van der Waals surface area contributed by atoms with Crippen molar-refractivity contribution < 1.29 is 13.2 Å². The Morgan fingerprint density at radius 2 is 2.05 bits per heavy atom. The Kier molecular flexibility index (Phi) is 4.03. The maximum atomic E-state index is 11.7. The van der Waals surface area contributed by atoms with Gasteiger partial charge in [-0.05, 0) is 24.3 Å². The van der Waals surface area contributed by atoms with Crippen LogP contribution in [0.15, 0.2) is 41.6 Å². The molecular weight excluding hydrogens is 268 g/mol. The van der Waals surface area contributed by atoms with Crippen LogP contribution in [-0.2, 0) is 10.0 Å². The number of benzene rings is 1. The van der Waals surface area contributed by atoms with Gasteiger partial charge < -0.3 is 10.5 Å². The lowest BCUT2D eigenvalue weighted by Gasteiger charge is -2.07. The second-order valence-electron chi connectivity index (χ2n) is 3.75. The normalized spacial score (nSPS) is 11.4. The van der Waals surface area contributed by atoms with Gasteiger partial charge in [-0.2, -0.15) is 5.10 Å². The number of hydrogen-bond donors (Lipinski definition) is 3. The van der Waals surface area contributed by atoms with Crippen LogP contribution in [0.4, 0.5) is 5.69 Å². The fraction of sp³-hybridized carbons (Fsp3) is 0.182. The van der Waals surface area contributed by atoms with Crippen molar-refractivity contribution in [3.8, 4) is 5.75 Å². The number of ether oxygens (including phenoxy) is 1. The van der Waals surface area contributed by atoms with E-state index in [1.54, 1.807) is 24.3 Å². The summed E-state index contributed by atoms with van der Waals surface area (Å²) in [5.41, 5.74) is 6.18. The second kappa shape index (κ2) is 5.72. The Labute approximate surface area is 110 Å².